The van der Waals surface area contributed by atoms with Crippen molar-refractivity contribution in [1.82, 2.24) is 10.3 Å². The predicted molar refractivity (Wildman–Crippen MR) is 119 cm³/mol. The van der Waals surface area contributed by atoms with E-state index in [4.69, 9.17) is 4.74 Å². The van der Waals surface area contributed by atoms with Crippen molar-refractivity contribution in [3.05, 3.63) is 45.6 Å². The molecule has 0 unspecified atom stereocenters. The first-order chi connectivity index (χ1) is 13.9. The highest BCUT2D eigenvalue weighted by molar-refractivity contribution is 9.10. The maximum Gasteiger partial charge on any atom is 0.237 e. The molecule has 8 heteroatoms. The van der Waals surface area contributed by atoms with E-state index in [1.807, 2.05) is 38.1 Å². The molecule has 1 aliphatic rings. The number of nitrogens with one attached hydrogen (secondary N) is 1. The van der Waals surface area contributed by atoms with Crippen LogP contribution in [0.25, 0.3) is 0 Å². The fourth-order valence-corrected chi connectivity index (χ4v) is 4.80. The second kappa shape index (κ2) is 9.63. The standard InChI is InChI=1S/C21H24BrN3O3S/c1-13-9-14(2)24-21-20(13)25(19(27)12-29-21)8-4-5-18(26)23-11-15-10-16(22)6-7-17(15)28-3/h6-7,9-10H,4-5,8,11-12H2,1-3H3,(H,23,26). The minimum atomic E-state index is -0.0511. The molecule has 0 saturated heterocycles. The Morgan fingerprint density at radius 3 is 2.90 bits per heavy atom. The highest BCUT2D eigenvalue weighted by Gasteiger charge is 2.27. The molecule has 29 heavy (non-hydrogen) atoms. The van der Waals surface area contributed by atoms with Gasteiger partial charge in [-0.3, -0.25) is 9.59 Å². The van der Waals surface area contributed by atoms with Crippen LogP contribution in [0, 0.1) is 13.8 Å². The Labute approximate surface area is 183 Å². The van der Waals surface area contributed by atoms with E-state index in [1.54, 1.807) is 12.0 Å². The van der Waals surface area contributed by atoms with E-state index in [0.29, 0.717) is 31.7 Å². The van der Waals surface area contributed by atoms with Gasteiger partial charge < -0.3 is 15.0 Å². The molecule has 1 N–H and O–H groups in total. The molecular formula is C21H24BrN3O3S. The number of thioether (sulfide) groups is 1. The molecule has 1 aromatic heterocycles. The molecule has 2 heterocycles. The first-order valence-electron chi connectivity index (χ1n) is 9.39. The van der Waals surface area contributed by atoms with Crippen LogP contribution < -0.4 is 15.0 Å². The summed E-state index contributed by atoms with van der Waals surface area (Å²) in [6.07, 6.45) is 0.936. The van der Waals surface area contributed by atoms with Crippen LogP contribution >= 0.6 is 27.7 Å². The Morgan fingerprint density at radius 1 is 1.34 bits per heavy atom. The van der Waals surface area contributed by atoms with E-state index < -0.39 is 0 Å². The summed E-state index contributed by atoms with van der Waals surface area (Å²) in [6.45, 7) is 4.86. The monoisotopic (exact) mass is 477 g/mol. The van der Waals surface area contributed by atoms with Crippen molar-refractivity contribution in [3.63, 3.8) is 0 Å². The van der Waals surface area contributed by atoms with Gasteiger partial charge in [-0.2, -0.15) is 0 Å². The lowest BCUT2D eigenvalue weighted by Gasteiger charge is -2.30. The molecule has 0 saturated carbocycles. The summed E-state index contributed by atoms with van der Waals surface area (Å²) >= 11 is 4.92. The topological polar surface area (TPSA) is 71.5 Å². The zero-order valence-corrected chi connectivity index (χ0v) is 19.2. The van der Waals surface area contributed by atoms with E-state index in [2.05, 4.69) is 26.2 Å². The van der Waals surface area contributed by atoms with Crippen LogP contribution in [0.1, 0.15) is 29.7 Å². The van der Waals surface area contributed by atoms with Gasteiger partial charge in [0.25, 0.3) is 0 Å². The van der Waals surface area contributed by atoms with Crippen LogP contribution in [0.4, 0.5) is 5.69 Å². The van der Waals surface area contributed by atoms with E-state index in [9.17, 15) is 9.59 Å². The van der Waals surface area contributed by atoms with E-state index in [-0.39, 0.29) is 11.8 Å². The minimum absolute atomic E-state index is 0.0511. The van der Waals surface area contributed by atoms with Gasteiger partial charge in [0.2, 0.25) is 11.8 Å². The molecule has 2 amide bonds. The molecular weight excluding hydrogens is 454 g/mol. The summed E-state index contributed by atoms with van der Waals surface area (Å²) in [5.41, 5.74) is 3.78. The summed E-state index contributed by atoms with van der Waals surface area (Å²) in [4.78, 5) is 31.1. The molecule has 0 aliphatic carbocycles. The third-order valence-corrected chi connectivity index (χ3v) is 6.13. The van der Waals surface area contributed by atoms with Crippen LogP contribution in [0.5, 0.6) is 5.75 Å². The summed E-state index contributed by atoms with van der Waals surface area (Å²) in [7, 11) is 1.61. The number of fused-ring (bicyclic) bond motifs is 1. The third kappa shape index (κ3) is 5.30. The lowest BCUT2D eigenvalue weighted by Crippen LogP contribution is -2.37. The second-order valence-electron chi connectivity index (χ2n) is 6.90. The van der Waals surface area contributed by atoms with E-state index in [0.717, 1.165) is 37.8 Å². The number of rotatable bonds is 7. The number of aryl methyl sites for hydroxylation is 2. The molecule has 0 spiro atoms. The van der Waals surface area contributed by atoms with Gasteiger partial charge in [-0.05, 0) is 50.1 Å². The van der Waals surface area contributed by atoms with Crippen molar-refractivity contribution in [1.29, 1.82) is 0 Å². The predicted octanol–water partition coefficient (Wildman–Crippen LogP) is 4.00. The van der Waals surface area contributed by atoms with Crippen molar-refractivity contribution < 1.29 is 14.3 Å². The first kappa shape index (κ1) is 21.6. The van der Waals surface area contributed by atoms with Gasteiger partial charge >= 0.3 is 0 Å². The maximum absolute atomic E-state index is 12.4. The van der Waals surface area contributed by atoms with Gasteiger partial charge in [0.15, 0.2) is 0 Å². The Balaban J connectivity index is 1.56. The largest absolute Gasteiger partial charge is 0.496 e. The average molecular weight is 478 g/mol. The summed E-state index contributed by atoms with van der Waals surface area (Å²) in [6, 6.07) is 7.68. The Hall–Kier alpha value is -2.06. The van der Waals surface area contributed by atoms with Crippen molar-refractivity contribution >= 4 is 45.2 Å². The normalized spacial score (nSPS) is 13.2. The fourth-order valence-electron chi connectivity index (χ4n) is 3.36. The number of ether oxygens (including phenoxy) is 1. The number of hydrogen-bond acceptors (Lipinski definition) is 5. The first-order valence-corrected chi connectivity index (χ1v) is 11.2. The lowest BCUT2D eigenvalue weighted by molar-refractivity contribution is -0.121. The van der Waals surface area contributed by atoms with Gasteiger partial charge in [-0.15, -0.1) is 0 Å². The van der Waals surface area contributed by atoms with Gasteiger partial charge in [-0.1, -0.05) is 27.7 Å². The molecule has 0 radical (unpaired) electrons. The van der Waals surface area contributed by atoms with Gasteiger partial charge in [0, 0.05) is 35.2 Å². The molecule has 2 aromatic rings. The fraction of sp³-hybridized carbons (Fsp3) is 0.381. The smallest absolute Gasteiger partial charge is 0.237 e. The van der Waals surface area contributed by atoms with E-state index >= 15 is 0 Å². The SMILES string of the molecule is COc1ccc(Br)cc1CNC(=O)CCCN1C(=O)CSc2nc(C)cc(C)c21. The molecule has 0 fully saturated rings. The van der Waals surface area contributed by atoms with Crippen molar-refractivity contribution in [2.75, 3.05) is 24.3 Å². The molecule has 154 valence electrons. The van der Waals surface area contributed by atoms with Crippen LogP contribution in [0.15, 0.2) is 33.8 Å². The Morgan fingerprint density at radius 2 is 2.14 bits per heavy atom. The molecule has 6 nitrogen and oxygen atoms in total. The van der Waals surface area contributed by atoms with Crippen LogP contribution in [0.2, 0.25) is 0 Å². The van der Waals surface area contributed by atoms with Crippen LogP contribution in [0.3, 0.4) is 0 Å². The lowest BCUT2D eigenvalue weighted by atomic mass is 10.1. The number of hydrogen-bond donors (Lipinski definition) is 1. The maximum atomic E-state index is 12.4. The third-order valence-electron chi connectivity index (χ3n) is 4.69. The highest BCUT2D eigenvalue weighted by Crippen LogP contribution is 2.36. The van der Waals surface area contributed by atoms with Crippen LogP contribution in [-0.2, 0) is 16.1 Å². The Kier molecular flexibility index (Phi) is 7.18. The molecule has 0 atom stereocenters. The number of benzene rings is 1. The van der Waals surface area contributed by atoms with Crippen molar-refractivity contribution in [3.8, 4) is 5.75 Å². The number of pyridine rings is 1. The highest BCUT2D eigenvalue weighted by atomic mass is 79.9. The summed E-state index contributed by atoms with van der Waals surface area (Å²) in [5, 5.41) is 3.82. The number of anilines is 1. The number of methoxy groups -OCH3 is 1. The quantitative estimate of drug-likeness (QED) is 0.652. The zero-order valence-electron chi connectivity index (χ0n) is 16.8. The molecule has 3 rings (SSSR count). The number of carbonyl (C=O) groups is 2. The van der Waals surface area contributed by atoms with Gasteiger partial charge in [0.1, 0.15) is 10.8 Å². The van der Waals surface area contributed by atoms with Gasteiger partial charge in [-0.25, -0.2) is 4.98 Å². The second-order valence-corrected chi connectivity index (χ2v) is 8.78. The molecule has 1 aromatic carbocycles. The Bertz CT molecular complexity index is 936. The average Bonchev–Trinajstić information content (AvgIpc) is 2.68. The van der Waals surface area contributed by atoms with Crippen molar-refractivity contribution in [2.24, 2.45) is 0 Å². The number of aromatic nitrogens is 1. The number of nitrogens with zero attached hydrogens (tertiary/aromatic N) is 2. The number of halogens is 1. The summed E-state index contributed by atoms with van der Waals surface area (Å²) < 4.78 is 6.27. The molecule has 0 bridgehead atoms. The van der Waals surface area contributed by atoms with Crippen LogP contribution in [-0.4, -0.2) is 36.2 Å². The van der Waals surface area contributed by atoms with E-state index in [1.165, 1.54) is 11.8 Å². The molecule has 1 aliphatic heterocycles. The summed E-state index contributed by atoms with van der Waals surface area (Å²) in [5.74, 6) is 1.14. The zero-order chi connectivity index (χ0) is 21.0. The number of carbonyl (C=O) groups excluding carboxylic acids is 2. The van der Waals surface area contributed by atoms with Gasteiger partial charge in [0.05, 0.1) is 18.6 Å². The minimum Gasteiger partial charge on any atom is -0.496 e. The number of amides is 2. The van der Waals surface area contributed by atoms with Crippen molar-refractivity contribution in [2.45, 2.75) is 38.3 Å².